The number of rotatable bonds is 9. The van der Waals surface area contributed by atoms with Gasteiger partial charge >= 0.3 is 0 Å². The van der Waals surface area contributed by atoms with Crippen molar-refractivity contribution in [2.24, 2.45) is 0 Å². The molecule has 0 bridgehead atoms. The maximum atomic E-state index is 13.1. The zero-order chi connectivity index (χ0) is 23.6. The summed E-state index contributed by atoms with van der Waals surface area (Å²) in [5, 5.41) is 13.0. The van der Waals surface area contributed by atoms with Crippen LogP contribution in [0.5, 0.6) is 0 Å². The van der Waals surface area contributed by atoms with Gasteiger partial charge < -0.3 is 26.0 Å². The van der Waals surface area contributed by atoms with E-state index in [2.05, 4.69) is 21.3 Å². The van der Waals surface area contributed by atoms with Crippen molar-refractivity contribution in [3.05, 3.63) is 71.3 Å². The van der Waals surface area contributed by atoms with E-state index in [0.717, 1.165) is 68.6 Å². The third kappa shape index (κ3) is 7.38. The van der Waals surface area contributed by atoms with E-state index >= 15 is 0 Å². The lowest BCUT2D eigenvalue weighted by Gasteiger charge is -2.26. The minimum Gasteiger partial charge on any atom is -0.359 e. The van der Waals surface area contributed by atoms with Gasteiger partial charge in [-0.1, -0.05) is 54.6 Å². The molecule has 2 aromatic rings. The van der Waals surface area contributed by atoms with Gasteiger partial charge in [-0.05, 0) is 68.6 Å². The highest BCUT2D eigenvalue weighted by atomic mass is 16.5. The van der Waals surface area contributed by atoms with Crippen LogP contribution in [0.2, 0.25) is 0 Å². The molecule has 0 saturated carbocycles. The fourth-order valence-corrected chi connectivity index (χ4v) is 4.63. The van der Waals surface area contributed by atoms with Crippen LogP contribution >= 0.6 is 0 Å². The van der Waals surface area contributed by atoms with Gasteiger partial charge in [-0.25, -0.2) is 0 Å². The topological polar surface area (TPSA) is 91.5 Å². The minimum absolute atomic E-state index is 0.0495. The number of hydrogen-bond acceptors (Lipinski definition) is 5. The van der Waals surface area contributed by atoms with E-state index in [4.69, 9.17) is 4.74 Å². The number of carbonyl (C=O) groups excluding carboxylic acids is 2. The minimum atomic E-state index is -0.678. The first-order valence-electron chi connectivity index (χ1n) is 12.4. The van der Waals surface area contributed by atoms with Crippen molar-refractivity contribution >= 4 is 11.8 Å². The third-order valence-corrected chi connectivity index (χ3v) is 6.50. The van der Waals surface area contributed by atoms with E-state index < -0.39 is 6.10 Å². The largest absolute Gasteiger partial charge is 0.359 e. The Hall–Kier alpha value is -2.74. The molecular weight excluding hydrogens is 428 g/mol. The molecule has 1 atom stereocenters. The first-order chi connectivity index (χ1) is 16.7. The predicted molar refractivity (Wildman–Crippen MR) is 132 cm³/mol. The summed E-state index contributed by atoms with van der Waals surface area (Å²) in [5.74, 6) is -0.0518. The Labute approximate surface area is 202 Å². The van der Waals surface area contributed by atoms with Gasteiger partial charge in [-0.15, -0.1) is 0 Å². The molecule has 2 aliphatic rings. The van der Waals surface area contributed by atoms with Crippen molar-refractivity contribution in [2.45, 2.75) is 56.9 Å². The SMILES string of the molecule is O=C(Cc1cccc(COC(C(=O)NC2CCNCC2)c2ccccc2)c1)NC1CCNCC1. The van der Waals surface area contributed by atoms with Crippen LogP contribution in [0.15, 0.2) is 54.6 Å². The van der Waals surface area contributed by atoms with Crippen molar-refractivity contribution in [1.82, 2.24) is 21.3 Å². The van der Waals surface area contributed by atoms with Crippen LogP contribution in [-0.2, 0) is 27.4 Å². The first kappa shape index (κ1) is 24.4. The predicted octanol–water partition coefficient (Wildman–Crippen LogP) is 2.22. The average molecular weight is 465 g/mol. The Balaban J connectivity index is 1.36. The second kappa shape index (κ2) is 12.6. The number of carbonyl (C=O) groups is 2. The number of nitrogens with one attached hydrogen (secondary N) is 4. The summed E-state index contributed by atoms with van der Waals surface area (Å²) in [6.07, 6.45) is 3.46. The molecule has 2 aromatic carbocycles. The van der Waals surface area contributed by atoms with Crippen LogP contribution in [0.4, 0.5) is 0 Å². The van der Waals surface area contributed by atoms with Crippen LogP contribution in [0, 0.1) is 0 Å². The zero-order valence-electron chi connectivity index (χ0n) is 19.7. The molecule has 0 radical (unpaired) electrons. The van der Waals surface area contributed by atoms with Crippen LogP contribution in [-0.4, -0.2) is 50.1 Å². The standard InChI is InChI=1S/C27H36N4O3/c32-25(30-23-9-13-28-14-10-23)18-20-5-4-6-21(17-20)19-34-26(22-7-2-1-3-8-22)27(33)31-24-11-15-29-16-12-24/h1-8,17,23-24,26,28-29H,9-16,18-19H2,(H,30,32)(H,31,33). The summed E-state index contributed by atoms with van der Waals surface area (Å²) in [4.78, 5) is 25.6. The van der Waals surface area contributed by atoms with Gasteiger partial charge in [0.15, 0.2) is 6.10 Å². The fraction of sp³-hybridized carbons (Fsp3) is 0.481. The van der Waals surface area contributed by atoms with Gasteiger partial charge in [-0.3, -0.25) is 9.59 Å². The molecule has 7 nitrogen and oxygen atoms in total. The number of benzene rings is 2. The normalized spacial score (nSPS) is 18.2. The van der Waals surface area contributed by atoms with E-state index in [1.54, 1.807) is 0 Å². The van der Waals surface area contributed by atoms with Gasteiger partial charge in [0.2, 0.25) is 5.91 Å². The Morgan fingerprint density at radius 2 is 1.44 bits per heavy atom. The lowest BCUT2D eigenvalue weighted by Crippen LogP contribution is -2.44. The van der Waals surface area contributed by atoms with Gasteiger partial charge in [0.1, 0.15) is 0 Å². The molecule has 2 saturated heterocycles. The third-order valence-electron chi connectivity index (χ3n) is 6.50. The highest BCUT2D eigenvalue weighted by Crippen LogP contribution is 2.21. The van der Waals surface area contributed by atoms with Gasteiger partial charge in [0.25, 0.3) is 5.91 Å². The molecule has 2 amide bonds. The molecule has 2 heterocycles. The van der Waals surface area contributed by atoms with E-state index in [0.29, 0.717) is 13.0 Å². The summed E-state index contributed by atoms with van der Waals surface area (Å²) < 4.78 is 6.16. The number of hydrogen-bond donors (Lipinski definition) is 4. The molecule has 7 heteroatoms. The Morgan fingerprint density at radius 1 is 0.824 bits per heavy atom. The lowest BCUT2D eigenvalue weighted by atomic mass is 10.0. The molecule has 4 N–H and O–H groups in total. The van der Waals surface area contributed by atoms with Crippen LogP contribution in [0.1, 0.15) is 48.5 Å². The molecular formula is C27H36N4O3. The number of piperidine rings is 2. The molecule has 182 valence electrons. The molecule has 0 aliphatic carbocycles. The average Bonchev–Trinajstić information content (AvgIpc) is 2.86. The van der Waals surface area contributed by atoms with Crippen molar-refractivity contribution in [3.63, 3.8) is 0 Å². The fourth-order valence-electron chi connectivity index (χ4n) is 4.63. The highest BCUT2D eigenvalue weighted by molar-refractivity contribution is 5.82. The molecule has 4 rings (SSSR count). The smallest absolute Gasteiger partial charge is 0.254 e. The van der Waals surface area contributed by atoms with Gasteiger partial charge in [0.05, 0.1) is 13.0 Å². The number of amides is 2. The molecule has 0 spiro atoms. The Bertz CT molecular complexity index is 924. The lowest BCUT2D eigenvalue weighted by molar-refractivity contribution is -0.135. The second-order valence-electron chi connectivity index (χ2n) is 9.22. The summed E-state index contributed by atoms with van der Waals surface area (Å²) in [6, 6.07) is 17.9. The molecule has 2 aliphatic heterocycles. The summed E-state index contributed by atoms with van der Waals surface area (Å²) in [7, 11) is 0. The van der Waals surface area contributed by atoms with E-state index in [9.17, 15) is 9.59 Å². The molecule has 34 heavy (non-hydrogen) atoms. The van der Waals surface area contributed by atoms with Crippen LogP contribution in [0.3, 0.4) is 0 Å². The maximum Gasteiger partial charge on any atom is 0.254 e. The Kier molecular flexibility index (Phi) is 9.07. The van der Waals surface area contributed by atoms with E-state index in [-0.39, 0.29) is 23.9 Å². The summed E-state index contributed by atoms with van der Waals surface area (Å²) in [5.41, 5.74) is 2.73. The van der Waals surface area contributed by atoms with Crippen LogP contribution < -0.4 is 21.3 Å². The van der Waals surface area contributed by atoms with E-state index in [1.165, 1.54) is 0 Å². The van der Waals surface area contributed by atoms with Gasteiger partial charge in [0, 0.05) is 12.1 Å². The van der Waals surface area contributed by atoms with Crippen molar-refractivity contribution in [3.8, 4) is 0 Å². The second-order valence-corrected chi connectivity index (χ2v) is 9.22. The zero-order valence-corrected chi connectivity index (χ0v) is 19.7. The van der Waals surface area contributed by atoms with Crippen LogP contribution in [0.25, 0.3) is 0 Å². The van der Waals surface area contributed by atoms with Crippen molar-refractivity contribution in [1.29, 1.82) is 0 Å². The number of ether oxygens (including phenoxy) is 1. The maximum absolute atomic E-state index is 13.1. The molecule has 1 unspecified atom stereocenters. The van der Waals surface area contributed by atoms with Gasteiger partial charge in [-0.2, -0.15) is 0 Å². The quantitative estimate of drug-likeness (QED) is 0.457. The van der Waals surface area contributed by atoms with Crippen molar-refractivity contribution < 1.29 is 14.3 Å². The van der Waals surface area contributed by atoms with E-state index in [1.807, 2.05) is 54.6 Å². The molecule has 2 fully saturated rings. The summed E-state index contributed by atoms with van der Waals surface area (Å²) >= 11 is 0. The first-order valence-corrected chi connectivity index (χ1v) is 12.4. The highest BCUT2D eigenvalue weighted by Gasteiger charge is 2.25. The Morgan fingerprint density at radius 3 is 2.12 bits per heavy atom. The molecule has 0 aromatic heterocycles. The monoisotopic (exact) mass is 464 g/mol. The summed E-state index contributed by atoms with van der Waals surface area (Å²) in [6.45, 7) is 4.03. The van der Waals surface area contributed by atoms with Crippen molar-refractivity contribution in [2.75, 3.05) is 26.2 Å².